The van der Waals surface area contributed by atoms with E-state index in [-0.39, 0.29) is 23.8 Å². The van der Waals surface area contributed by atoms with Gasteiger partial charge in [0.1, 0.15) is 17.3 Å². The van der Waals surface area contributed by atoms with Crippen molar-refractivity contribution in [2.45, 2.75) is 18.0 Å². The smallest absolute Gasteiger partial charge is 0.338 e. The number of ether oxygens (including phenoxy) is 2. The van der Waals surface area contributed by atoms with Gasteiger partial charge in [0.05, 0.1) is 12.7 Å². The summed E-state index contributed by atoms with van der Waals surface area (Å²) >= 11 is 0. The van der Waals surface area contributed by atoms with Gasteiger partial charge in [0.15, 0.2) is 0 Å². The first-order chi connectivity index (χ1) is 14.0. The molecular formula is C22H21NO5S. The highest BCUT2D eigenvalue weighted by Crippen LogP contribution is 2.22. The van der Waals surface area contributed by atoms with Crippen LogP contribution in [0.1, 0.15) is 21.5 Å². The normalized spacial score (nSPS) is 11.1. The second kappa shape index (κ2) is 9.36. The van der Waals surface area contributed by atoms with Crippen molar-refractivity contribution in [3.8, 4) is 5.75 Å². The number of hydrogen-bond donors (Lipinski definition) is 1. The first-order valence-corrected chi connectivity index (χ1v) is 10.4. The van der Waals surface area contributed by atoms with Crippen LogP contribution in [0.15, 0.2) is 83.8 Å². The third-order valence-corrected chi connectivity index (χ3v) is 5.67. The molecular weight excluding hydrogens is 390 g/mol. The molecule has 0 aromatic heterocycles. The Morgan fingerprint density at radius 3 is 2.21 bits per heavy atom. The van der Waals surface area contributed by atoms with Crippen molar-refractivity contribution in [3.05, 3.63) is 95.6 Å². The van der Waals surface area contributed by atoms with E-state index in [9.17, 15) is 13.2 Å². The molecule has 0 amide bonds. The Hall–Kier alpha value is -3.16. The van der Waals surface area contributed by atoms with Gasteiger partial charge in [-0.15, -0.1) is 0 Å². The zero-order valence-electron chi connectivity index (χ0n) is 15.9. The molecule has 0 radical (unpaired) electrons. The molecule has 29 heavy (non-hydrogen) atoms. The first kappa shape index (κ1) is 20.6. The fraction of sp³-hybridized carbons (Fsp3) is 0.136. The predicted octanol–water partition coefficient (Wildman–Crippen LogP) is 3.53. The summed E-state index contributed by atoms with van der Waals surface area (Å²) < 4.78 is 38.0. The number of carbonyl (C=O) groups excluding carboxylic acids is 1. The van der Waals surface area contributed by atoms with Crippen LogP contribution in [0.4, 0.5) is 0 Å². The minimum Gasteiger partial charge on any atom is -0.495 e. The standard InChI is InChI=1S/C22H21NO5S/c1-27-20-9-5-6-10-21(20)29(25,26)23-15-17-11-13-19(14-12-17)22(24)28-16-18-7-3-2-4-8-18/h2-14,23H,15-16H2,1H3. The maximum atomic E-state index is 12.5. The molecule has 0 unspecified atom stereocenters. The Kier molecular flexibility index (Phi) is 6.64. The molecule has 0 atom stereocenters. The number of rotatable bonds is 8. The summed E-state index contributed by atoms with van der Waals surface area (Å²) in [6, 6.07) is 22.4. The van der Waals surface area contributed by atoms with Gasteiger partial charge in [0.2, 0.25) is 10.0 Å². The van der Waals surface area contributed by atoms with Crippen molar-refractivity contribution in [2.24, 2.45) is 0 Å². The lowest BCUT2D eigenvalue weighted by molar-refractivity contribution is 0.0472. The van der Waals surface area contributed by atoms with Crippen molar-refractivity contribution >= 4 is 16.0 Å². The van der Waals surface area contributed by atoms with Gasteiger partial charge in [0.25, 0.3) is 0 Å². The summed E-state index contributed by atoms with van der Waals surface area (Å²) in [6.45, 7) is 0.278. The van der Waals surface area contributed by atoms with Gasteiger partial charge in [-0.3, -0.25) is 0 Å². The van der Waals surface area contributed by atoms with E-state index < -0.39 is 16.0 Å². The van der Waals surface area contributed by atoms with Crippen molar-refractivity contribution in [3.63, 3.8) is 0 Å². The van der Waals surface area contributed by atoms with Crippen LogP contribution in [0.5, 0.6) is 5.75 Å². The van der Waals surface area contributed by atoms with E-state index in [1.54, 1.807) is 42.5 Å². The average molecular weight is 411 g/mol. The van der Waals surface area contributed by atoms with Crippen molar-refractivity contribution < 1.29 is 22.7 Å². The Bertz CT molecular complexity index is 1060. The third kappa shape index (κ3) is 5.43. The van der Waals surface area contributed by atoms with Gasteiger partial charge in [-0.2, -0.15) is 0 Å². The van der Waals surface area contributed by atoms with E-state index in [4.69, 9.17) is 9.47 Å². The SMILES string of the molecule is COc1ccccc1S(=O)(=O)NCc1ccc(C(=O)OCc2ccccc2)cc1. The average Bonchev–Trinajstić information content (AvgIpc) is 2.77. The molecule has 0 aliphatic carbocycles. The van der Waals surface area contributed by atoms with Gasteiger partial charge in [-0.25, -0.2) is 17.9 Å². The summed E-state index contributed by atoms with van der Waals surface area (Å²) in [5.74, 6) is -0.161. The molecule has 0 fully saturated rings. The lowest BCUT2D eigenvalue weighted by Gasteiger charge is -2.11. The van der Waals surface area contributed by atoms with E-state index in [1.807, 2.05) is 30.3 Å². The van der Waals surface area contributed by atoms with Gasteiger partial charge in [-0.05, 0) is 35.4 Å². The van der Waals surface area contributed by atoms with Crippen LogP contribution in [0.2, 0.25) is 0 Å². The minimum absolute atomic E-state index is 0.0728. The number of hydrogen-bond acceptors (Lipinski definition) is 5. The molecule has 6 nitrogen and oxygen atoms in total. The molecule has 0 heterocycles. The van der Waals surface area contributed by atoms with E-state index in [0.717, 1.165) is 5.56 Å². The molecule has 1 N–H and O–H groups in total. The summed E-state index contributed by atoms with van der Waals surface area (Å²) in [6.07, 6.45) is 0. The number of carbonyl (C=O) groups is 1. The minimum atomic E-state index is -3.73. The number of nitrogens with one attached hydrogen (secondary N) is 1. The van der Waals surface area contributed by atoms with Gasteiger partial charge in [0, 0.05) is 6.54 Å². The molecule has 0 aliphatic heterocycles. The summed E-state index contributed by atoms with van der Waals surface area (Å²) in [4.78, 5) is 12.2. The Morgan fingerprint density at radius 2 is 1.52 bits per heavy atom. The monoisotopic (exact) mass is 411 g/mol. The lowest BCUT2D eigenvalue weighted by Crippen LogP contribution is -2.23. The van der Waals surface area contributed by atoms with Crippen LogP contribution in [0.3, 0.4) is 0 Å². The van der Waals surface area contributed by atoms with Crippen LogP contribution in [0.25, 0.3) is 0 Å². The maximum absolute atomic E-state index is 12.5. The highest BCUT2D eigenvalue weighted by molar-refractivity contribution is 7.89. The molecule has 0 spiro atoms. The summed E-state index contributed by atoms with van der Waals surface area (Å²) in [7, 11) is -2.31. The Morgan fingerprint density at radius 1 is 0.862 bits per heavy atom. The zero-order valence-corrected chi connectivity index (χ0v) is 16.7. The van der Waals surface area contributed by atoms with E-state index in [2.05, 4.69) is 4.72 Å². The summed E-state index contributed by atoms with van der Waals surface area (Å²) in [5.41, 5.74) is 2.02. The summed E-state index contributed by atoms with van der Waals surface area (Å²) in [5, 5.41) is 0. The van der Waals surface area contributed by atoms with Gasteiger partial charge in [-0.1, -0.05) is 54.6 Å². The van der Waals surface area contributed by atoms with Crippen LogP contribution in [-0.2, 0) is 27.9 Å². The van der Waals surface area contributed by atoms with E-state index in [1.165, 1.54) is 13.2 Å². The second-order valence-corrected chi connectivity index (χ2v) is 7.97. The molecule has 0 bridgehead atoms. The molecule has 150 valence electrons. The van der Waals surface area contributed by atoms with Gasteiger partial charge >= 0.3 is 5.97 Å². The Balaban J connectivity index is 1.59. The fourth-order valence-electron chi connectivity index (χ4n) is 2.66. The van der Waals surface area contributed by atoms with E-state index >= 15 is 0 Å². The largest absolute Gasteiger partial charge is 0.495 e. The molecule has 0 saturated heterocycles. The predicted molar refractivity (Wildman–Crippen MR) is 109 cm³/mol. The zero-order chi connectivity index (χ0) is 20.7. The van der Waals surface area contributed by atoms with Crippen LogP contribution in [0, 0.1) is 0 Å². The molecule has 3 rings (SSSR count). The second-order valence-electron chi connectivity index (χ2n) is 6.23. The Labute approximate surface area is 170 Å². The van der Waals surface area contributed by atoms with Crippen molar-refractivity contribution in [1.29, 1.82) is 0 Å². The number of esters is 1. The van der Waals surface area contributed by atoms with Crippen LogP contribution < -0.4 is 9.46 Å². The number of para-hydroxylation sites is 1. The van der Waals surface area contributed by atoms with Crippen LogP contribution in [-0.4, -0.2) is 21.5 Å². The maximum Gasteiger partial charge on any atom is 0.338 e. The third-order valence-electron chi connectivity index (χ3n) is 4.23. The van der Waals surface area contributed by atoms with E-state index in [0.29, 0.717) is 11.1 Å². The number of methoxy groups -OCH3 is 1. The molecule has 0 aliphatic rings. The quantitative estimate of drug-likeness (QED) is 0.574. The molecule has 0 saturated carbocycles. The topological polar surface area (TPSA) is 81.7 Å². The lowest BCUT2D eigenvalue weighted by atomic mass is 10.1. The van der Waals surface area contributed by atoms with Gasteiger partial charge < -0.3 is 9.47 Å². The van der Waals surface area contributed by atoms with Crippen molar-refractivity contribution in [1.82, 2.24) is 4.72 Å². The fourth-order valence-corrected chi connectivity index (χ4v) is 3.85. The molecule has 3 aromatic carbocycles. The highest BCUT2D eigenvalue weighted by atomic mass is 32.2. The first-order valence-electron chi connectivity index (χ1n) is 8.92. The number of benzene rings is 3. The highest BCUT2D eigenvalue weighted by Gasteiger charge is 2.18. The molecule has 7 heteroatoms. The number of sulfonamides is 1. The van der Waals surface area contributed by atoms with Crippen molar-refractivity contribution in [2.75, 3.05) is 7.11 Å². The molecule has 3 aromatic rings. The van der Waals surface area contributed by atoms with Crippen LogP contribution >= 0.6 is 0 Å².